The molecule has 1 aliphatic rings. The first-order chi connectivity index (χ1) is 7.08. The van der Waals surface area contributed by atoms with Crippen molar-refractivity contribution < 1.29 is 17.9 Å². The van der Waals surface area contributed by atoms with Crippen molar-refractivity contribution in [1.29, 1.82) is 0 Å². The molecule has 0 aromatic heterocycles. The Hall–Kier alpha value is -0.290. The predicted octanol–water partition coefficient (Wildman–Crippen LogP) is 2.35. The van der Waals surface area contributed by atoms with Gasteiger partial charge in [-0.05, 0) is 38.3 Å². The lowest BCUT2D eigenvalue weighted by atomic mass is 10.0. The Kier molecular flexibility index (Phi) is 5.39. The molecule has 1 heterocycles. The van der Waals surface area contributed by atoms with E-state index in [1.807, 2.05) is 0 Å². The molecule has 0 radical (unpaired) electrons. The maximum absolute atomic E-state index is 11.8. The number of rotatable bonds is 4. The summed E-state index contributed by atoms with van der Waals surface area (Å²) in [6.45, 7) is 2.23. The van der Waals surface area contributed by atoms with Crippen LogP contribution in [0.5, 0.6) is 0 Å². The van der Waals surface area contributed by atoms with Crippen LogP contribution < -0.4 is 5.32 Å². The van der Waals surface area contributed by atoms with Crippen LogP contribution in [-0.2, 0) is 4.74 Å². The highest BCUT2D eigenvalue weighted by molar-refractivity contribution is 4.66. The van der Waals surface area contributed by atoms with Gasteiger partial charge in [0, 0.05) is 6.61 Å². The standard InChI is InChI=1S/C10H18F3NO/c11-10(12,13)4-7-15-8-9-2-1-5-14-6-3-9/h9,14H,1-8H2. The predicted molar refractivity (Wildman–Crippen MR) is 51.7 cm³/mol. The lowest BCUT2D eigenvalue weighted by Crippen LogP contribution is -2.17. The molecule has 2 nitrogen and oxygen atoms in total. The summed E-state index contributed by atoms with van der Waals surface area (Å²) in [7, 11) is 0. The van der Waals surface area contributed by atoms with Crippen LogP contribution in [0.15, 0.2) is 0 Å². The Morgan fingerprint density at radius 3 is 2.73 bits per heavy atom. The van der Waals surface area contributed by atoms with E-state index in [1.165, 1.54) is 0 Å². The van der Waals surface area contributed by atoms with E-state index in [4.69, 9.17) is 4.74 Å². The molecule has 1 aliphatic heterocycles. The zero-order chi connectivity index (χ0) is 11.1. The summed E-state index contributed by atoms with van der Waals surface area (Å²) < 4.78 is 40.4. The molecular weight excluding hydrogens is 207 g/mol. The van der Waals surface area contributed by atoms with E-state index in [9.17, 15) is 13.2 Å². The van der Waals surface area contributed by atoms with E-state index >= 15 is 0 Å². The Labute approximate surface area is 88.2 Å². The summed E-state index contributed by atoms with van der Waals surface area (Å²) in [6.07, 6.45) is -1.78. The van der Waals surface area contributed by atoms with Crippen molar-refractivity contribution in [1.82, 2.24) is 5.32 Å². The third-order valence-corrected chi connectivity index (χ3v) is 2.58. The molecule has 0 aliphatic carbocycles. The molecule has 0 bridgehead atoms. The highest BCUT2D eigenvalue weighted by Gasteiger charge is 2.26. The molecule has 1 atom stereocenters. The Morgan fingerprint density at radius 2 is 2.00 bits per heavy atom. The summed E-state index contributed by atoms with van der Waals surface area (Å²) in [6, 6.07) is 0. The molecule has 1 saturated heterocycles. The van der Waals surface area contributed by atoms with Gasteiger partial charge in [0.2, 0.25) is 0 Å². The second kappa shape index (κ2) is 6.33. The molecule has 1 fully saturated rings. The molecule has 0 saturated carbocycles. The van der Waals surface area contributed by atoms with Gasteiger partial charge in [-0.25, -0.2) is 0 Å². The number of halogens is 3. The van der Waals surface area contributed by atoms with Gasteiger partial charge in [-0.15, -0.1) is 0 Å². The topological polar surface area (TPSA) is 21.3 Å². The first-order valence-electron chi connectivity index (χ1n) is 5.43. The van der Waals surface area contributed by atoms with Crippen LogP contribution in [0.25, 0.3) is 0 Å². The molecule has 0 amide bonds. The summed E-state index contributed by atoms with van der Waals surface area (Å²) in [5.74, 6) is 0.424. The second-order valence-corrected chi connectivity index (χ2v) is 3.99. The van der Waals surface area contributed by atoms with Crippen LogP contribution in [0.2, 0.25) is 0 Å². The third kappa shape index (κ3) is 6.73. The van der Waals surface area contributed by atoms with Crippen LogP contribution in [0.1, 0.15) is 25.7 Å². The highest BCUT2D eigenvalue weighted by Crippen LogP contribution is 2.20. The van der Waals surface area contributed by atoms with Crippen molar-refractivity contribution in [2.75, 3.05) is 26.3 Å². The van der Waals surface area contributed by atoms with E-state index < -0.39 is 12.6 Å². The average Bonchev–Trinajstić information content (AvgIpc) is 2.39. The van der Waals surface area contributed by atoms with Crippen molar-refractivity contribution in [2.24, 2.45) is 5.92 Å². The number of nitrogens with one attached hydrogen (secondary N) is 1. The van der Waals surface area contributed by atoms with Crippen molar-refractivity contribution in [3.05, 3.63) is 0 Å². The van der Waals surface area contributed by atoms with Gasteiger partial charge in [0.1, 0.15) is 0 Å². The molecule has 0 aromatic rings. The zero-order valence-electron chi connectivity index (χ0n) is 8.78. The lowest BCUT2D eigenvalue weighted by molar-refractivity contribution is -0.146. The van der Waals surface area contributed by atoms with Gasteiger partial charge in [-0.1, -0.05) is 0 Å². The highest BCUT2D eigenvalue weighted by atomic mass is 19.4. The minimum absolute atomic E-state index is 0.201. The maximum Gasteiger partial charge on any atom is 0.391 e. The van der Waals surface area contributed by atoms with Crippen molar-refractivity contribution in [3.8, 4) is 0 Å². The van der Waals surface area contributed by atoms with E-state index in [1.54, 1.807) is 0 Å². The van der Waals surface area contributed by atoms with Gasteiger partial charge < -0.3 is 10.1 Å². The smallest absolute Gasteiger partial charge is 0.381 e. The molecule has 0 spiro atoms. The number of hydrogen-bond donors (Lipinski definition) is 1. The first-order valence-corrected chi connectivity index (χ1v) is 5.43. The number of alkyl halides is 3. The molecule has 0 aromatic carbocycles. The Morgan fingerprint density at radius 1 is 1.20 bits per heavy atom. The zero-order valence-corrected chi connectivity index (χ0v) is 8.78. The van der Waals surface area contributed by atoms with Gasteiger partial charge in [0.05, 0.1) is 13.0 Å². The van der Waals surface area contributed by atoms with Crippen LogP contribution in [-0.4, -0.2) is 32.5 Å². The van der Waals surface area contributed by atoms with Gasteiger partial charge in [0.25, 0.3) is 0 Å². The average molecular weight is 225 g/mol. The van der Waals surface area contributed by atoms with Crippen molar-refractivity contribution in [3.63, 3.8) is 0 Å². The van der Waals surface area contributed by atoms with Gasteiger partial charge in [0.15, 0.2) is 0 Å². The number of ether oxygens (including phenoxy) is 1. The van der Waals surface area contributed by atoms with Crippen molar-refractivity contribution >= 4 is 0 Å². The largest absolute Gasteiger partial charge is 0.391 e. The third-order valence-electron chi connectivity index (χ3n) is 2.58. The summed E-state index contributed by atoms with van der Waals surface area (Å²) in [5, 5.41) is 3.26. The molecule has 1 rings (SSSR count). The van der Waals surface area contributed by atoms with E-state index in [0.29, 0.717) is 12.5 Å². The molecular formula is C10H18F3NO. The monoisotopic (exact) mass is 225 g/mol. The maximum atomic E-state index is 11.8. The normalized spacial score (nSPS) is 23.8. The first kappa shape index (κ1) is 12.8. The van der Waals surface area contributed by atoms with Crippen LogP contribution in [0.4, 0.5) is 13.2 Å². The van der Waals surface area contributed by atoms with Gasteiger partial charge in [-0.3, -0.25) is 0 Å². The minimum Gasteiger partial charge on any atom is -0.381 e. The fraction of sp³-hybridized carbons (Fsp3) is 1.00. The molecule has 90 valence electrons. The molecule has 15 heavy (non-hydrogen) atoms. The van der Waals surface area contributed by atoms with Crippen LogP contribution >= 0.6 is 0 Å². The SMILES string of the molecule is FC(F)(F)CCOCC1CCCNCC1. The van der Waals surface area contributed by atoms with E-state index in [2.05, 4.69) is 5.32 Å². The van der Waals surface area contributed by atoms with Crippen LogP contribution in [0.3, 0.4) is 0 Å². The number of hydrogen-bond acceptors (Lipinski definition) is 2. The molecule has 5 heteroatoms. The Balaban J connectivity index is 2.03. The fourth-order valence-corrected chi connectivity index (χ4v) is 1.70. The second-order valence-electron chi connectivity index (χ2n) is 3.99. The van der Waals surface area contributed by atoms with E-state index in [-0.39, 0.29) is 6.61 Å². The molecule has 1 N–H and O–H groups in total. The van der Waals surface area contributed by atoms with Gasteiger partial charge in [-0.2, -0.15) is 13.2 Å². The lowest BCUT2D eigenvalue weighted by Gasteiger charge is -2.14. The summed E-state index contributed by atoms with van der Waals surface area (Å²) in [5.41, 5.74) is 0. The fourth-order valence-electron chi connectivity index (χ4n) is 1.70. The quantitative estimate of drug-likeness (QED) is 0.741. The van der Waals surface area contributed by atoms with Crippen molar-refractivity contribution in [2.45, 2.75) is 31.9 Å². The Bertz CT molecular complexity index is 165. The summed E-state index contributed by atoms with van der Waals surface area (Å²) in [4.78, 5) is 0. The van der Waals surface area contributed by atoms with Gasteiger partial charge >= 0.3 is 6.18 Å². The van der Waals surface area contributed by atoms with Crippen LogP contribution in [0, 0.1) is 5.92 Å². The minimum atomic E-state index is -4.09. The summed E-state index contributed by atoms with van der Waals surface area (Å²) >= 11 is 0. The van der Waals surface area contributed by atoms with E-state index in [0.717, 1.165) is 32.4 Å². The molecule has 1 unspecified atom stereocenters.